The first kappa shape index (κ1) is 18.8. The number of aryl methyl sites for hydroxylation is 1. The third-order valence-corrected chi connectivity index (χ3v) is 4.77. The highest BCUT2D eigenvalue weighted by Gasteiger charge is 2.23. The number of ether oxygens (including phenoxy) is 2. The predicted molar refractivity (Wildman–Crippen MR) is 116 cm³/mol. The summed E-state index contributed by atoms with van der Waals surface area (Å²) in [7, 11) is 0. The molecule has 0 bridgehead atoms. The molecule has 0 aromatic heterocycles. The SMILES string of the molecule is CCOc1cc(/C=C2/C(=O)Nc3ccccc32)ccc1OCc1cccc(C)c1. The molecule has 3 aromatic carbocycles. The molecule has 0 atom stereocenters. The average molecular weight is 385 g/mol. The van der Waals surface area contributed by atoms with Gasteiger partial charge in [-0.3, -0.25) is 4.79 Å². The van der Waals surface area contributed by atoms with Gasteiger partial charge in [0, 0.05) is 16.8 Å². The van der Waals surface area contributed by atoms with Crippen LogP contribution in [0.15, 0.2) is 66.7 Å². The lowest BCUT2D eigenvalue weighted by atomic mass is 10.0. The fraction of sp³-hybridized carbons (Fsp3) is 0.160. The molecular weight excluding hydrogens is 362 g/mol. The van der Waals surface area contributed by atoms with E-state index in [2.05, 4.69) is 24.4 Å². The van der Waals surface area contributed by atoms with Gasteiger partial charge < -0.3 is 14.8 Å². The van der Waals surface area contributed by atoms with Crippen molar-refractivity contribution in [1.29, 1.82) is 0 Å². The van der Waals surface area contributed by atoms with E-state index >= 15 is 0 Å². The highest BCUT2D eigenvalue weighted by molar-refractivity contribution is 6.34. The van der Waals surface area contributed by atoms with Crippen molar-refractivity contribution in [3.8, 4) is 11.5 Å². The minimum atomic E-state index is -0.0936. The molecule has 0 spiro atoms. The Morgan fingerprint density at radius 2 is 1.79 bits per heavy atom. The Balaban J connectivity index is 1.60. The van der Waals surface area contributed by atoms with Crippen LogP contribution in [0.25, 0.3) is 11.6 Å². The quantitative estimate of drug-likeness (QED) is 0.573. The fourth-order valence-electron chi connectivity index (χ4n) is 3.41. The van der Waals surface area contributed by atoms with Crippen molar-refractivity contribution in [3.05, 3.63) is 89.0 Å². The zero-order chi connectivity index (χ0) is 20.2. The summed E-state index contributed by atoms with van der Waals surface area (Å²) < 4.78 is 11.8. The Kier molecular flexibility index (Phi) is 5.34. The van der Waals surface area contributed by atoms with Crippen molar-refractivity contribution in [2.45, 2.75) is 20.5 Å². The summed E-state index contributed by atoms with van der Waals surface area (Å²) >= 11 is 0. The standard InChI is InChI=1S/C25H23NO3/c1-3-28-24-15-18(14-21-20-9-4-5-10-22(20)26-25(21)27)11-12-23(24)29-16-19-8-6-7-17(2)13-19/h4-15H,3,16H2,1-2H3,(H,26,27)/b21-14+. The van der Waals surface area contributed by atoms with E-state index in [0.717, 1.165) is 22.4 Å². The maximum atomic E-state index is 12.4. The lowest BCUT2D eigenvalue weighted by Gasteiger charge is -2.13. The summed E-state index contributed by atoms with van der Waals surface area (Å²) in [5.74, 6) is 1.26. The van der Waals surface area contributed by atoms with Gasteiger partial charge in [-0.15, -0.1) is 0 Å². The highest BCUT2D eigenvalue weighted by Crippen LogP contribution is 2.35. The van der Waals surface area contributed by atoms with Crippen LogP contribution >= 0.6 is 0 Å². The Labute approximate surface area is 170 Å². The van der Waals surface area contributed by atoms with E-state index in [1.54, 1.807) is 0 Å². The van der Waals surface area contributed by atoms with Gasteiger partial charge in [0.15, 0.2) is 11.5 Å². The Morgan fingerprint density at radius 1 is 0.931 bits per heavy atom. The second-order valence-electron chi connectivity index (χ2n) is 6.97. The molecular formula is C25H23NO3. The number of rotatable bonds is 6. The fourth-order valence-corrected chi connectivity index (χ4v) is 3.41. The smallest absolute Gasteiger partial charge is 0.256 e. The van der Waals surface area contributed by atoms with Crippen molar-refractivity contribution in [1.82, 2.24) is 0 Å². The van der Waals surface area contributed by atoms with E-state index in [9.17, 15) is 4.79 Å². The number of hydrogen-bond acceptors (Lipinski definition) is 3. The van der Waals surface area contributed by atoms with Gasteiger partial charge in [0.25, 0.3) is 5.91 Å². The number of anilines is 1. The first-order valence-corrected chi connectivity index (χ1v) is 9.71. The van der Waals surface area contributed by atoms with Crippen molar-refractivity contribution >= 4 is 23.2 Å². The molecule has 1 heterocycles. The van der Waals surface area contributed by atoms with Crippen LogP contribution in [-0.4, -0.2) is 12.5 Å². The van der Waals surface area contributed by atoms with E-state index in [0.29, 0.717) is 30.3 Å². The molecule has 0 radical (unpaired) electrons. The number of nitrogens with one attached hydrogen (secondary N) is 1. The molecule has 1 aliphatic heterocycles. The molecule has 1 aliphatic rings. The molecule has 4 heteroatoms. The number of amides is 1. The third-order valence-electron chi connectivity index (χ3n) is 4.77. The molecule has 29 heavy (non-hydrogen) atoms. The van der Waals surface area contributed by atoms with Crippen molar-refractivity contribution in [2.24, 2.45) is 0 Å². The first-order valence-electron chi connectivity index (χ1n) is 9.71. The van der Waals surface area contributed by atoms with Gasteiger partial charge in [0.1, 0.15) is 6.61 Å². The van der Waals surface area contributed by atoms with Gasteiger partial charge in [0.2, 0.25) is 0 Å². The minimum absolute atomic E-state index is 0.0936. The molecule has 0 saturated carbocycles. The van der Waals surface area contributed by atoms with Gasteiger partial charge in [-0.05, 0) is 49.2 Å². The van der Waals surface area contributed by atoms with Gasteiger partial charge in [-0.25, -0.2) is 0 Å². The maximum absolute atomic E-state index is 12.4. The summed E-state index contributed by atoms with van der Waals surface area (Å²) in [6.07, 6.45) is 1.88. The topological polar surface area (TPSA) is 47.6 Å². The van der Waals surface area contributed by atoms with E-state index < -0.39 is 0 Å². The van der Waals surface area contributed by atoms with E-state index in [1.165, 1.54) is 5.56 Å². The molecule has 3 aromatic rings. The molecule has 1 N–H and O–H groups in total. The first-order chi connectivity index (χ1) is 14.1. The van der Waals surface area contributed by atoms with Crippen molar-refractivity contribution in [3.63, 3.8) is 0 Å². The molecule has 0 saturated heterocycles. The summed E-state index contributed by atoms with van der Waals surface area (Å²) in [5.41, 5.74) is 5.60. The summed E-state index contributed by atoms with van der Waals surface area (Å²) in [5, 5.41) is 2.90. The monoisotopic (exact) mass is 385 g/mol. The van der Waals surface area contributed by atoms with Gasteiger partial charge in [-0.1, -0.05) is 54.1 Å². The Bertz CT molecular complexity index is 1080. The van der Waals surface area contributed by atoms with Crippen LogP contribution in [0.1, 0.15) is 29.2 Å². The second-order valence-corrected chi connectivity index (χ2v) is 6.97. The zero-order valence-electron chi connectivity index (χ0n) is 16.6. The molecule has 146 valence electrons. The molecule has 4 rings (SSSR count). The van der Waals surface area contributed by atoms with Gasteiger partial charge >= 0.3 is 0 Å². The van der Waals surface area contributed by atoms with Crippen LogP contribution in [0.2, 0.25) is 0 Å². The van der Waals surface area contributed by atoms with E-state index in [-0.39, 0.29) is 5.91 Å². The average Bonchev–Trinajstić information content (AvgIpc) is 3.03. The molecule has 0 aliphatic carbocycles. The number of carbonyl (C=O) groups excluding carboxylic acids is 1. The second kappa shape index (κ2) is 8.23. The zero-order valence-corrected chi connectivity index (χ0v) is 16.6. The Morgan fingerprint density at radius 3 is 2.62 bits per heavy atom. The maximum Gasteiger partial charge on any atom is 0.256 e. The van der Waals surface area contributed by atoms with Crippen LogP contribution in [0.4, 0.5) is 5.69 Å². The highest BCUT2D eigenvalue weighted by atomic mass is 16.5. The number of carbonyl (C=O) groups is 1. The van der Waals surface area contributed by atoms with Crippen LogP contribution in [-0.2, 0) is 11.4 Å². The third kappa shape index (κ3) is 4.16. The summed E-state index contributed by atoms with van der Waals surface area (Å²) in [6.45, 7) is 5.01. The normalized spacial score (nSPS) is 13.9. The minimum Gasteiger partial charge on any atom is -0.490 e. The van der Waals surface area contributed by atoms with Gasteiger partial charge in [-0.2, -0.15) is 0 Å². The van der Waals surface area contributed by atoms with Crippen LogP contribution in [0.5, 0.6) is 11.5 Å². The number of fused-ring (bicyclic) bond motifs is 1. The largest absolute Gasteiger partial charge is 0.490 e. The van der Waals surface area contributed by atoms with Crippen LogP contribution in [0, 0.1) is 6.92 Å². The lowest BCUT2D eigenvalue weighted by Crippen LogP contribution is -2.03. The predicted octanol–water partition coefficient (Wildman–Crippen LogP) is 5.47. The van der Waals surface area contributed by atoms with E-state index in [4.69, 9.17) is 9.47 Å². The number of hydrogen-bond donors (Lipinski definition) is 1. The van der Waals surface area contributed by atoms with Crippen molar-refractivity contribution < 1.29 is 14.3 Å². The molecule has 1 amide bonds. The summed E-state index contributed by atoms with van der Waals surface area (Å²) in [6, 6.07) is 21.7. The van der Waals surface area contributed by atoms with Crippen molar-refractivity contribution in [2.75, 3.05) is 11.9 Å². The van der Waals surface area contributed by atoms with Crippen LogP contribution < -0.4 is 14.8 Å². The number of benzene rings is 3. The Hall–Kier alpha value is -3.53. The molecule has 4 nitrogen and oxygen atoms in total. The summed E-state index contributed by atoms with van der Waals surface area (Å²) in [4.78, 5) is 12.4. The number of para-hydroxylation sites is 1. The van der Waals surface area contributed by atoms with Crippen LogP contribution in [0.3, 0.4) is 0 Å². The lowest BCUT2D eigenvalue weighted by molar-refractivity contribution is -0.110. The van der Waals surface area contributed by atoms with E-state index in [1.807, 2.05) is 67.6 Å². The molecule has 0 unspecified atom stereocenters. The van der Waals surface area contributed by atoms with Gasteiger partial charge in [0.05, 0.1) is 6.61 Å². The molecule has 0 fully saturated rings.